The molecule has 0 heterocycles. The average molecular weight is 159 g/mol. The molecule has 0 aliphatic rings. The molecule has 1 amide bonds. The van der Waals surface area contributed by atoms with Gasteiger partial charge in [0, 0.05) is 5.41 Å². The summed E-state index contributed by atoms with van der Waals surface area (Å²) in [5.41, 5.74) is 3.67. The van der Waals surface area contributed by atoms with Crippen molar-refractivity contribution in [3.63, 3.8) is 0 Å². The number of hydrogen-bond donors (Lipinski definition) is 2. The van der Waals surface area contributed by atoms with E-state index in [1.54, 1.807) is 27.7 Å². The summed E-state index contributed by atoms with van der Waals surface area (Å²) in [4.78, 5) is 10.8. The number of rotatable bonds is 3. The molecule has 0 saturated carbocycles. The molecule has 0 atom stereocenters. The van der Waals surface area contributed by atoms with Crippen LogP contribution >= 0.6 is 0 Å². The largest absolute Gasteiger partial charge is 0.390 e. The summed E-state index contributed by atoms with van der Waals surface area (Å²) in [6.45, 7) is 6.79. The molecule has 0 rings (SSSR count). The highest BCUT2D eigenvalue weighted by molar-refractivity contribution is 5.79. The van der Waals surface area contributed by atoms with Gasteiger partial charge in [-0.15, -0.1) is 0 Å². The standard InChI is InChI=1S/C8H17NO2/c1-7(2,6(9)10)5-8(3,4)11/h11H,5H2,1-4H3,(H2,9,10). The first-order chi connectivity index (χ1) is 4.65. The van der Waals surface area contributed by atoms with Crippen molar-refractivity contribution in [1.29, 1.82) is 0 Å². The summed E-state index contributed by atoms with van der Waals surface area (Å²) in [5, 5.41) is 9.39. The van der Waals surface area contributed by atoms with E-state index in [0.717, 1.165) is 0 Å². The van der Waals surface area contributed by atoms with Gasteiger partial charge < -0.3 is 10.8 Å². The zero-order chi connectivity index (χ0) is 9.28. The first kappa shape index (κ1) is 10.4. The highest BCUT2D eigenvalue weighted by Gasteiger charge is 2.31. The van der Waals surface area contributed by atoms with Crippen molar-refractivity contribution in [2.24, 2.45) is 11.1 Å². The third-order valence-corrected chi connectivity index (χ3v) is 1.54. The molecule has 3 nitrogen and oxygen atoms in total. The number of nitrogens with two attached hydrogens (primary N) is 1. The van der Waals surface area contributed by atoms with Crippen LogP contribution in [-0.4, -0.2) is 16.6 Å². The zero-order valence-corrected chi connectivity index (χ0v) is 7.64. The van der Waals surface area contributed by atoms with Crippen molar-refractivity contribution in [3.05, 3.63) is 0 Å². The zero-order valence-electron chi connectivity index (χ0n) is 7.64. The molecule has 0 aromatic carbocycles. The van der Waals surface area contributed by atoms with Gasteiger partial charge in [0.25, 0.3) is 0 Å². The summed E-state index contributed by atoms with van der Waals surface area (Å²) in [6.07, 6.45) is 0.384. The van der Waals surface area contributed by atoms with Gasteiger partial charge in [0.15, 0.2) is 0 Å². The Morgan fingerprint density at radius 2 is 1.73 bits per heavy atom. The van der Waals surface area contributed by atoms with Crippen molar-refractivity contribution in [2.75, 3.05) is 0 Å². The Balaban J connectivity index is 4.25. The molecule has 3 heteroatoms. The fraction of sp³-hybridized carbons (Fsp3) is 0.875. The second kappa shape index (κ2) is 2.81. The van der Waals surface area contributed by atoms with E-state index >= 15 is 0 Å². The third-order valence-electron chi connectivity index (χ3n) is 1.54. The Labute approximate surface area is 67.6 Å². The van der Waals surface area contributed by atoms with Crippen LogP contribution in [0.4, 0.5) is 0 Å². The Hall–Kier alpha value is -0.570. The molecule has 0 radical (unpaired) electrons. The van der Waals surface area contributed by atoms with Crippen molar-refractivity contribution in [2.45, 2.75) is 39.7 Å². The van der Waals surface area contributed by atoms with E-state index in [9.17, 15) is 9.90 Å². The summed E-state index contributed by atoms with van der Waals surface area (Å²) in [6, 6.07) is 0. The van der Waals surface area contributed by atoms with Crippen molar-refractivity contribution < 1.29 is 9.90 Å². The normalized spacial score (nSPS) is 13.2. The van der Waals surface area contributed by atoms with Gasteiger partial charge >= 0.3 is 0 Å². The molecule has 0 aromatic rings. The Morgan fingerprint density at radius 3 is 1.82 bits per heavy atom. The van der Waals surface area contributed by atoms with Crippen LogP contribution in [0.1, 0.15) is 34.1 Å². The third kappa shape index (κ3) is 3.98. The van der Waals surface area contributed by atoms with Crippen LogP contribution in [0, 0.1) is 5.41 Å². The van der Waals surface area contributed by atoms with Gasteiger partial charge in [-0.3, -0.25) is 4.79 Å². The predicted octanol–water partition coefficient (Wildman–Crippen LogP) is 0.659. The van der Waals surface area contributed by atoms with Crippen LogP contribution in [0.3, 0.4) is 0 Å². The molecule has 0 bridgehead atoms. The van der Waals surface area contributed by atoms with Crippen LogP contribution in [0.15, 0.2) is 0 Å². The molecule has 0 aromatic heterocycles. The van der Waals surface area contributed by atoms with Crippen LogP contribution in [-0.2, 0) is 4.79 Å². The van der Waals surface area contributed by atoms with Crippen LogP contribution in [0.25, 0.3) is 0 Å². The smallest absolute Gasteiger partial charge is 0.223 e. The molecule has 11 heavy (non-hydrogen) atoms. The molecule has 0 spiro atoms. The fourth-order valence-electron chi connectivity index (χ4n) is 1.17. The first-order valence-corrected chi connectivity index (χ1v) is 3.67. The lowest BCUT2D eigenvalue weighted by Gasteiger charge is -2.28. The summed E-state index contributed by atoms with van der Waals surface area (Å²) >= 11 is 0. The summed E-state index contributed by atoms with van der Waals surface area (Å²) in [7, 11) is 0. The number of aliphatic hydroxyl groups is 1. The maximum absolute atomic E-state index is 10.8. The molecule has 0 aliphatic carbocycles. The Bertz CT molecular complexity index is 156. The van der Waals surface area contributed by atoms with E-state index in [4.69, 9.17) is 5.73 Å². The van der Waals surface area contributed by atoms with E-state index in [-0.39, 0.29) is 5.91 Å². The van der Waals surface area contributed by atoms with Gasteiger partial charge in [0.1, 0.15) is 0 Å². The van der Waals surface area contributed by atoms with Crippen LogP contribution < -0.4 is 5.73 Å². The second-order valence-corrected chi connectivity index (χ2v) is 4.24. The monoisotopic (exact) mass is 159 g/mol. The van der Waals surface area contributed by atoms with Crippen LogP contribution in [0.2, 0.25) is 0 Å². The van der Waals surface area contributed by atoms with Gasteiger partial charge in [-0.1, -0.05) is 13.8 Å². The van der Waals surface area contributed by atoms with Gasteiger partial charge in [0.2, 0.25) is 5.91 Å². The first-order valence-electron chi connectivity index (χ1n) is 3.67. The molecule has 3 N–H and O–H groups in total. The number of carbonyl (C=O) groups excluding carboxylic acids is 1. The summed E-state index contributed by atoms with van der Waals surface area (Å²) in [5.74, 6) is -0.375. The minimum Gasteiger partial charge on any atom is -0.390 e. The van der Waals surface area contributed by atoms with Gasteiger partial charge in [-0.2, -0.15) is 0 Å². The summed E-state index contributed by atoms with van der Waals surface area (Å²) < 4.78 is 0. The van der Waals surface area contributed by atoms with Gasteiger partial charge in [0.05, 0.1) is 5.60 Å². The molecule has 66 valence electrons. The lowest BCUT2D eigenvalue weighted by molar-refractivity contribution is -0.129. The topological polar surface area (TPSA) is 63.3 Å². The highest BCUT2D eigenvalue weighted by Crippen LogP contribution is 2.26. The maximum atomic E-state index is 10.8. The predicted molar refractivity (Wildman–Crippen MR) is 43.9 cm³/mol. The van der Waals surface area contributed by atoms with E-state index in [0.29, 0.717) is 6.42 Å². The average Bonchev–Trinajstić information content (AvgIpc) is 1.56. The minimum absolute atomic E-state index is 0.375. The molecule has 0 fully saturated rings. The minimum atomic E-state index is -0.835. The molecule has 0 aliphatic heterocycles. The van der Waals surface area contributed by atoms with E-state index in [1.165, 1.54) is 0 Å². The molecular formula is C8H17NO2. The van der Waals surface area contributed by atoms with Crippen LogP contribution in [0.5, 0.6) is 0 Å². The van der Waals surface area contributed by atoms with E-state index < -0.39 is 11.0 Å². The van der Waals surface area contributed by atoms with E-state index in [2.05, 4.69) is 0 Å². The fourth-order valence-corrected chi connectivity index (χ4v) is 1.17. The highest BCUT2D eigenvalue weighted by atomic mass is 16.3. The molecule has 0 unspecified atom stereocenters. The van der Waals surface area contributed by atoms with Gasteiger partial charge in [-0.25, -0.2) is 0 Å². The SMILES string of the molecule is CC(C)(O)CC(C)(C)C(N)=O. The molecular weight excluding hydrogens is 142 g/mol. The molecule has 0 saturated heterocycles. The maximum Gasteiger partial charge on any atom is 0.223 e. The number of amides is 1. The van der Waals surface area contributed by atoms with Crippen molar-refractivity contribution in [3.8, 4) is 0 Å². The quantitative estimate of drug-likeness (QED) is 0.635. The number of primary amides is 1. The lowest BCUT2D eigenvalue weighted by Crippen LogP contribution is -2.38. The second-order valence-electron chi connectivity index (χ2n) is 4.24. The Morgan fingerprint density at radius 1 is 1.36 bits per heavy atom. The Kier molecular flexibility index (Phi) is 2.67. The van der Waals surface area contributed by atoms with Gasteiger partial charge in [-0.05, 0) is 20.3 Å². The van der Waals surface area contributed by atoms with Crippen molar-refractivity contribution in [1.82, 2.24) is 0 Å². The lowest BCUT2D eigenvalue weighted by atomic mass is 9.81. The van der Waals surface area contributed by atoms with E-state index in [1.807, 2.05) is 0 Å². The number of hydrogen-bond acceptors (Lipinski definition) is 2. The van der Waals surface area contributed by atoms with Crippen molar-refractivity contribution >= 4 is 5.91 Å². The number of carbonyl (C=O) groups is 1.